The second kappa shape index (κ2) is 8.79. The van der Waals surface area contributed by atoms with E-state index in [0.717, 1.165) is 6.54 Å². The van der Waals surface area contributed by atoms with Gasteiger partial charge < -0.3 is 4.90 Å². The summed E-state index contributed by atoms with van der Waals surface area (Å²) in [4.78, 5) is 2.32. The van der Waals surface area contributed by atoms with Crippen molar-refractivity contribution in [1.82, 2.24) is 4.90 Å². The van der Waals surface area contributed by atoms with E-state index in [0.29, 0.717) is 0 Å². The highest BCUT2D eigenvalue weighted by atomic mass is 15.1. The Labute approximate surface area is 77.5 Å². The average molecular weight is 169 g/mol. The maximum Gasteiger partial charge on any atom is 0.0157 e. The SMILES string of the molecule is C=CCN(C)CCCCCCC. The monoisotopic (exact) mass is 169 g/mol. The summed E-state index contributed by atoms with van der Waals surface area (Å²) in [6, 6.07) is 0. The van der Waals surface area contributed by atoms with Crippen LogP contribution in [0.3, 0.4) is 0 Å². The Kier molecular flexibility index (Phi) is 8.57. The van der Waals surface area contributed by atoms with Crippen LogP contribution >= 0.6 is 0 Å². The van der Waals surface area contributed by atoms with Gasteiger partial charge in [0.1, 0.15) is 0 Å². The lowest BCUT2D eigenvalue weighted by atomic mass is 10.1. The molecule has 0 saturated heterocycles. The van der Waals surface area contributed by atoms with Gasteiger partial charge >= 0.3 is 0 Å². The van der Waals surface area contributed by atoms with E-state index in [4.69, 9.17) is 0 Å². The van der Waals surface area contributed by atoms with E-state index >= 15 is 0 Å². The van der Waals surface area contributed by atoms with Crippen molar-refractivity contribution in [2.24, 2.45) is 0 Å². The van der Waals surface area contributed by atoms with Gasteiger partial charge in [-0.3, -0.25) is 0 Å². The minimum atomic E-state index is 1.02. The number of rotatable bonds is 8. The Balaban J connectivity index is 3.02. The van der Waals surface area contributed by atoms with E-state index in [2.05, 4.69) is 25.5 Å². The van der Waals surface area contributed by atoms with Gasteiger partial charge in [0.25, 0.3) is 0 Å². The van der Waals surface area contributed by atoms with Gasteiger partial charge in [-0.1, -0.05) is 38.7 Å². The van der Waals surface area contributed by atoms with Crippen molar-refractivity contribution in [2.75, 3.05) is 20.1 Å². The van der Waals surface area contributed by atoms with Crippen LogP contribution in [0.15, 0.2) is 12.7 Å². The first kappa shape index (κ1) is 11.7. The Morgan fingerprint density at radius 2 is 1.83 bits per heavy atom. The highest BCUT2D eigenvalue weighted by Crippen LogP contribution is 2.02. The fourth-order valence-electron chi connectivity index (χ4n) is 1.30. The third kappa shape index (κ3) is 7.80. The molecule has 0 aliphatic heterocycles. The minimum absolute atomic E-state index is 1.02. The van der Waals surface area contributed by atoms with Crippen molar-refractivity contribution in [3.8, 4) is 0 Å². The second-order valence-corrected chi connectivity index (χ2v) is 3.47. The van der Waals surface area contributed by atoms with E-state index in [-0.39, 0.29) is 0 Å². The van der Waals surface area contributed by atoms with Crippen LogP contribution in [0.1, 0.15) is 39.0 Å². The van der Waals surface area contributed by atoms with Crippen LogP contribution in [0.4, 0.5) is 0 Å². The molecule has 0 heterocycles. The number of unbranched alkanes of at least 4 members (excludes halogenated alkanes) is 4. The molecule has 0 aromatic carbocycles. The summed E-state index contributed by atoms with van der Waals surface area (Å²) < 4.78 is 0. The largest absolute Gasteiger partial charge is 0.303 e. The molecule has 0 aromatic rings. The van der Waals surface area contributed by atoms with Gasteiger partial charge in [-0.2, -0.15) is 0 Å². The normalized spacial score (nSPS) is 10.6. The molecule has 0 aliphatic rings. The number of likely N-dealkylation sites (N-methyl/N-ethyl adjacent to an activating group) is 1. The van der Waals surface area contributed by atoms with Gasteiger partial charge in [0.2, 0.25) is 0 Å². The molecular formula is C11H23N. The molecule has 0 amide bonds. The first-order valence-electron chi connectivity index (χ1n) is 5.10. The maximum absolute atomic E-state index is 3.72. The Bertz CT molecular complexity index is 99.2. The van der Waals surface area contributed by atoms with Crippen molar-refractivity contribution in [1.29, 1.82) is 0 Å². The van der Waals surface area contributed by atoms with Gasteiger partial charge in [0, 0.05) is 6.54 Å². The van der Waals surface area contributed by atoms with Crippen LogP contribution in [0.25, 0.3) is 0 Å². The molecule has 0 aliphatic carbocycles. The lowest BCUT2D eigenvalue weighted by Crippen LogP contribution is -2.19. The van der Waals surface area contributed by atoms with Gasteiger partial charge in [0.05, 0.1) is 0 Å². The average Bonchev–Trinajstić information content (AvgIpc) is 2.05. The van der Waals surface area contributed by atoms with Crippen molar-refractivity contribution in [3.05, 3.63) is 12.7 Å². The van der Waals surface area contributed by atoms with Crippen LogP contribution in [0.5, 0.6) is 0 Å². The Hall–Kier alpha value is -0.300. The zero-order valence-corrected chi connectivity index (χ0v) is 8.68. The molecule has 0 fully saturated rings. The fourth-order valence-corrected chi connectivity index (χ4v) is 1.30. The molecule has 0 N–H and O–H groups in total. The highest BCUT2D eigenvalue weighted by molar-refractivity contribution is 4.70. The highest BCUT2D eigenvalue weighted by Gasteiger charge is 1.94. The van der Waals surface area contributed by atoms with Crippen LogP contribution in [0.2, 0.25) is 0 Å². The lowest BCUT2D eigenvalue weighted by Gasteiger charge is -2.13. The third-order valence-electron chi connectivity index (χ3n) is 2.08. The summed E-state index contributed by atoms with van der Waals surface area (Å²) in [5, 5.41) is 0. The van der Waals surface area contributed by atoms with E-state index in [1.54, 1.807) is 0 Å². The zero-order valence-electron chi connectivity index (χ0n) is 8.68. The molecule has 0 rings (SSSR count). The summed E-state index contributed by atoms with van der Waals surface area (Å²) >= 11 is 0. The van der Waals surface area contributed by atoms with Crippen molar-refractivity contribution >= 4 is 0 Å². The topological polar surface area (TPSA) is 3.24 Å². The maximum atomic E-state index is 3.72. The molecule has 0 spiro atoms. The standard InChI is InChI=1S/C11H23N/c1-4-6-7-8-9-11-12(3)10-5-2/h5H,2,4,6-11H2,1,3H3. The Morgan fingerprint density at radius 3 is 2.42 bits per heavy atom. The number of nitrogens with zero attached hydrogens (tertiary/aromatic N) is 1. The predicted molar refractivity (Wildman–Crippen MR) is 56.5 cm³/mol. The first-order valence-corrected chi connectivity index (χ1v) is 5.10. The smallest absolute Gasteiger partial charge is 0.0157 e. The van der Waals surface area contributed by atoms with Crippen LogP contribution in [0, 0.1) is 0 Å². The van der Waals surface area contributed by atoms with Gasteiger partial charge in [-0.05, 0) is 20.0 Å². The molecular weight excluding hydrogens is 146 g/mol. The van der Waals surface area contributed by atoms with Crippen molar-refractivity contribution < 1.29 is 0 Å². The molecule has 1 nitrogen and oxygen atoms in total. The molecule has 1 heteroatoms. The summed E-state index contributed by atoms with van der Waals surface area (Å²) in [5.74, 6) is 0. The fraction of sp³-hybridized carbons (Fsp3) is 0.818. The van der Waals surface area contributed by atoms with E-state index in [1.165, 1.54) is 38.6 Å². The molecule has 0 bridgehead atoms. The van der Waals surface area contributed by atoms with Crippen LogP contribution in [-0.2, 0) is 0 Å². The lowest BCUT2D eigenvalue weighted by molar-refractivity contribution is 0.356. The molecule has 0 saturated carbocycles. The molecule has 0 unspecified atom stereocenters. The summed E-state index contributed by atoms with van der Waals surface area (Å²) in [6.45, 7) is 8.21. The zero-order chi connectivity index (χ0) is 9.23. The third-order valence-corrected chi connectivity index (χ3v) is 2.08. The van der Waals surface area contributed by atoms with Gasteiger partial charge in [-0.15, -0.1) is 6.58 Å². The summed E-state index contributed by atoms with van der Waals surface area (Å²) in [7, 11) is 2.15. The molecule has 12 heavy (non-hydrogen) atoms. The van der Waals surface area contributed by atoms with E-state index in [1.807, 2.05) is 6.08 Å². The number of hydrogen-bond acceptors (Lipinski definition) is 1. The number of hydrogen-bond donors (Lipinski definition) is 0. The second-order valence-electron chi connectivity index (χ2n) is 3.47. The molecule has 0 radical (unpaired) electrons. The first-order chi connectivity index (χ1) is 5.81. The molecule has 0 atom stereocenters. The quantitative estimate of drug-likeness (QED) is 0.399. The van der Waals surface area contributed by atoms with Crippen molar-refractivity contribution in [2.45, 2.75) is 39.0 Å². The van der Waals surface area contributed by atoms with Gasteiger partial charge in [0.15, 0.2) is 0 Å². The summed E-state index contributed by atoms with van der Waals surface area (Å²) in [6.07, 6.45) is 8.82. The van der Waals surface area contributed by atoms with E-state index < -0.39 is 0 Å². The Morgan fingerprint density at radius 1 is 1.17 bits per heavy atom. The van der Waals surface area contributed by atoms with Crippen LogP contribution < -0.4 is 0 Å². The van der Waals surface area contributed by atoms with Crippen molar-refractivity contribution in [3.63, 3.8) is 0 Å². The van der Waals surface area contributed by atoms with E-state index in [9.17, 15) is 0 Å². The summed E-state index contributed by atoms with van der Waals surface area (Å²) in [5.41, 5.74) is 0. The minimum Gasteiger partial charge on any atom is -0.303 e. The van der Waals surface area contributed by atoms with Crippen LogP contribution in [-0.4, -0.2) is 25.0 Å². The molecule has 72 valence electrons. The predicted octanol–water partition coefficient (Wildman–Crippen LogP) is 3.07. The van der Waals surface area contributed by atoms with Gasteiger partial charge in [-0.25, -0.2) is 0 Å². The molecule has 0 aromatic heterocycles.